The highest BCUT2D eigenvalue weighted by Crippen LogP contribution is 2.56. The number of cyclic esters (lactones) is 1. The lowest BCUT2D eigenvalue weighted by Crippen LogP contribution is -2.44. The molecule has 0 amide bonds. The molecule has 3 aliphatic heterocycles. The molecule has 4 aromatic rings. The quantitative estimate of drug-likeness (QED) is 0.175. The van der Waals surface area contributed by atoms with Gasteiger partial charge in [0, 0.05) is 23.2 Å². The van der Waals surface area contributed by atoms with Gasteiger partial charge in [0.25, 0.3) is 0 Å². The molecule has 0 fully saturated rings. The molecule has 7 rings (SSSR count). The van der Waals surface area contributed by atoms with Crippen molar-refractivity contribution in [1.29, 1.82) is 0 Å². The van der Waals surface area contributed by atoms with Gasteiger partial charge in [-0.05, 0) is 41.8 Å². The maximum absolute atomic E-state index is 13.6. The topological polar surface area (TPSA) is 75.7 Å². The molecule has 0 bridgehead atoms. The van der Waals surface area contributed by atoms with Crippen LogP contribution >= 0.6 is 0 Å². The van der Waals surface area contributed by atoms with Crippen molar-refractivity contribution in [3.63, 3.8) is 0 Å². The van der Waals surface area contributed by atoms with Gasteiger partial charge < -0.3 is 28.4 Å². The van der Waals surface area contributed by atoms with Crippen molar-refractivity contribution in [3.8, 4) is 40.6 Å². The van der Waals surface area contributed by atoms with Crippen LogP contribution in [0.2, 0.25) is 0 Å². The molecular weight excluding hydrogens is 582 g/mol. The standard InChI is InChI=1S/C38H33NO7/c1-41-29-19-18-28-32(35(29)42-2)38(40)46-34(28)33-31-26(22-30-36(37(31)43-3)45-23-44-30)20-21-39(33)27(16-14-24-10-6-4-7-11-24)17-15-25-12-8-5-9-13-25/h4-14,16,18-19,22,27,33-34H,20-21,23H2,1-3H3/b16-14+/t27?,33-,34+/m0/s1. The van der Waals surface area contributed by atoms with E-state index in [1.54, 1.807) is 20.3 Å². The summed E-state index contributed by atoms with van der Waals surface area (Å²) in [5.74, 6) is 8.98. The molecule has 4 aromatic carbocycles. The molecular formula is C38H33NO7. The van der Waals surface area contributed by atoms with Crippen LogP contribution in [0.4, 0.5) is 0 Å². The first kappa shape index (κ1) is 29.3. The molecule has 0 aliphatic carbocycles. The highest BCUT2D eigenvalue weighted by Gasteiger charge is 2.48. The van der Waals surface area contributed by atoms with E-state index in [9.17, 15) is 4.79 Å². The van der Waals surface area contributed by atoms with Crippen molar-refractivity contribution in [2.45, 2.75) is 24.6 Å². The first-order valence-electron chi connectivity index (χ1n) is 15.1. The summed E-state index contributed by atoms with van der Waals surface area (Å²) < 4.78 is 35.2. The number of ether oxygens (including phenoxy) is 6. The second-order valence-corrected chi connectivity index (χ2v) is 11.1. The predicted octanol–water partition coefficient (Wildman–Crippen LogP) is 6.39. The summed E-state index contributed by atoms with van der Waals surface area (Å²) in [4.78, 5) is 15.9. The molecule has 0 radical (unpaired) electrons. The number of nitrogens with zero attached hydrogens (tertiary/aromatic N) is 1. The Hall–Kier alpha value is -5.39. The van der Waals surface area contributed by atoms with Crippen LogP contribution in [0, 0.1) is 11.8 Å². The van der Waals surface area contributed by atoms with E-state index in [-0.39, 0.29) is 12.8 Å². The number of rotatable bonds is 7. The number of hydrogen-bond acceptors (Lipinski definition) is 8. The molecule has 3 aliphatic rings. The number of carbonyl (C=O) groups excluding carboxylic acids is 1. The van der Waals surface area contributed by atoms with E-state index >= 15 is 0 Å². The zero-order chi connectivity index (χ0) is 31.6. The zero-order valence-electron chi connectivity index (χ0n) is 25.8. The Morgan fingerprint density at radius 1 is 0.913 bits per heavy atom. The van der Waals surface area contributed by atoms with Crippen LogP contribution in [-0.4, -0.2) is 51.6 Å². The van der Waals surface area contributed by atoms with E-state index in [2.05, 4.69) is 41.0 Å². The third kappa shape index (κ3) is 5.19. The summed E-state index contributed by atoms with van der Waals surface area (Å²) in [6, 6.07) is 24.9. The van der Waals surface area contributed by atoms with Crippen molar-refractivity contribution >= 4 is 12.0 Å². The van der Waals surface area contributed by atoms with Gasteiger partial charge in [-0.15, -0.1) is 0 Å². The third-order valence-electron chi connectivity index (χ3n) is 8.62. The lowest BCUT2D eigenvalue weighted by Gasteiger charge is -2.42. The Labute approximate surface area is 268 Å². The van der Waals surface area contributed by atoms with Crippen molar-refractivity contribution < 1.29 is 33.2 Å². The molecule has 3 heterocycles. The molecule has 232 valence electrons. The summed E-state index contributed by atoms with van der Waals surface area (Å²) in [6.07, 6.45) is 4.17. The van der Waals surface area contributed by atoms with Gasteiger partial charge >= 0.3 is 5.97 Å². The largest absolute Gasteiger partial charge is 0.493 e. The maximum atomic E-state index is 13.6. The molecule has 46 heavy (non-hydrogen) atoms. The van der Waals surface area contributed by atoms with Crippen LogP contribution in [0.5, 0.6) is 28.7 Å². The average molecular weight is 616 g/mol. The van der Waals surface area contributed by atoms with Crippen LogP contribution in [0.15, 0.2) is 84.9 Å². The number of fused-ring (bicyclic) bond motifs is 3. The molecule has 8 heteroatoms. The van der Waals surface area contributed by atoms with Gasteiger partial charge in [0.1, 0.15) is 11.7 Å². The smallest absolute Gasteiger partial charge is 0.343 e. The molecule has 0 aromatic heterocycles. The fourth-order valence-corrected chi connectivity index (χ4v) is 6.55. The lowest BCUT2D eigenvalue weighted by atomic mass is 9.84. The lowest BCUT2D eigenvalue weighted by molar-refractivity contribution is 0.000653. The van der Waals surface area contributed by atoms with Gasteiger partial charge in [0.15, 0.2) is 23.0 Å². The second-order valence-electron chi connectivity index (χ2n) is 11.1. The van der Waals surface area contributed by atoms with Crippen LogP contribution in [-0.2, 0) is 11.2 Å². The molecule has 0 N–H and O–H groups in total. The fourth-order valence-electron chi connectivity index (χ4n) is 6.55. The molecule has 0 saturated carbocycles. The Kier molecular flexibility index (Phi) is 8.00. The number of methoxy groups -OCH3 is 3. The first-order chi connectivity index (χ1) is 22.6. The van der Waals surface area contributed by atoms with Gasteiger partial charge in [-0.1, -0.05) is 78.6 Å². The SMILES string of the molecule is COc1ccc2c(c1OC)C(=O)O[C@H]2[C@@H]1c2c(cc3c(c2OC)OCO3)CCN1C(C#Cc1ccccc1)/C=C/c1ccccc1. The number of esters is 1. The van der Waals surface area contributed by atoms with Gasteiger partial charge in [0.05, 0.1) is 33.4 Å². The van der Waals surface area contributed by atoms with Crippen molar-refractivity contribution in [2.24, 2.45) is 0 Å². The third-order valence-corrected chi connectivity index (χ3v) is 8.62. The Morgan fingerprint density at radius 2 is 1.67 bits per heavy atom. The summed E-state index contributed by atoms with van der Waals surface area (Å²) >= 11 is 0. The van der Waals surface area contributed by atoms with Crippen LogP contribution in [0.1, 0.15) is 50.3 Å². The van der Waals surface area contributed by atoms with E-state index in [4.69, 9.17) is 28.4 Å². The van der Waals surface area contributed by atoms with Crippen LogP contribution in [0.25, 0.3) is 6.08 Å². The molecule has 3 atom stereocenters. The number of benzene rings is 4. The Balaban J connectivity index is 1.42. The van der Waals surface area contributed by atoms with Crippen LogP contribution < -0.4 is 23.7 Å². The van der Waals surface area contributed by atoms with Gasteiger partial charge in [-0.3, -0.25) is 4.90 Å². The minimum Gasteiger partial charge on any atom is -0.493 e. The van der Waals surface area contributed by atoms with Crippen molar-refractivity contribution in [1.82, 2.24) is 4.90 Å². The number of carbonyl (C=O) groups is 1. The number of hydrogen-bond donors (Lipinski definition) is 0. The van der Waals surface area contributed by atoms with Gasteiger partial charge in [0.2, 0.25) is 12.5 Å². The van der Waals surface area contributed by atoms with E-state index in [1.165, 1.54) is 7.11 Å². The van der Waals surface area contributed by atoms with E-state index in [0.717, 1.165) is 22.3 Å². The highest BCUT2D eigenvalue weighted by atomic mass is 16.7. The molecule has 8 nitrogen and oxygen atoms in total. The zero-order valence-corrected chi connectivity index (χ0v) is 25.8. The van der Waals surface area contributed by atoms with Crippen molar-refractivity contribution in [3.05, 3.63) is 118 Å². The second kappa shape index (κ2) is 12.5. The summed E-state index contributed by atoms with van der Waals surface area (Å²) in [7, 11) is 4.69. The molecule has 0 saturated heterocycles. The summed E-state index contributed by atoms with van der Waals surface area (Å²) in [5, 5.41) is 0. The average Bonchev–Trinajstić information content (AvgIpc) is 3.71. The van der Waals surface area contributed by atoms with E-state index in [1.807, 2.05) is 60.7 Å². The van der Waals surface area contributed by atoms with Gasteiger partial charge in [-0.25, -0.2) is 4.79 Å². The fraction of sp³-hybridized carbons (Fsp3) is 0.237. The summed E-state index contributed by atoms with van der Waals surface area (Å²) in [5.41, 5.74) is 4.92. The highest BCUT2D eigenvalue weighted by molar-refractivity contribution is 5.98. The first-order valence-corrected chi connectivity index (χ1v) is 15.1. The maximum Gasteiger partial charge on any atom is 0.343 e. The molecule has 0 spiro atoms. The monoisotopic (exact) mass is 615 g/mol. The van der Waals surface area contributed by atoms with Gasteiger partial charge in [-0.2, -0.15) is 0 Å². The molecule has 1 unspecified atom stereocenters. The van der Waals surface area contributed by atoms with Crippen LogP contribution in [0.3, 0.4) is 0 Å². The van der Waals surface area contributed by atoms with E-state index < -0.39 is 18.1 Å². The van der Waals surface area contributed by atoms with Crippen molar-refractivity contribution in [2.75, 3.05) is 34.7 Å². The summed E-state index contributed by atoms with van der Waals surface area (Å²) in [6.45, 7) is 0.733. The Bertz CT molecular complexity index is 1860. The normalized spacial score (nSPS) is 18.6. The predicted molar refractivity (Wildman–Crippen MR) is 173 cm³/mol. The minimum absolute atomic E-state index is 0.103. The Morgan fingerprint density at radius 3 is 2.41 bits per heavy atom. The van der Waals surface area contributed by atoms with E-state index in [0.29, 0.717) is 52.8 Å². The minimum atomic E-state index is -0.707.